The number of halogens is 1. The molecule has 0 saturated carbocycles. The van der Waals surface area contributed by atoms with Gasteiger partial charge >= 0.3 is 0 Å². The van der Waals surface area contributed by atoms with E-state index in [-0.39, 0.29) is 0 Å². The van der Waals surface area contributed by atoms with Gasteiger partial charge in [-0.1, -0.05) is 13.0 Å². The van der Waals surface area contributed by atoms with Crippen LogP contribution in [0.15, 0.2) is 22.7 Å². The summed E-state index contributed by atoms with van der Waals surface area (Å²) in [7, 11) is 0. The molecular formula is C13H19BrN2S. The summed E-state index contributed by atoms with van der Waals surface area (Å²) in [6.45, 7) is 5.29. The standard InChI is InChI=1S/C13H19BrN2S/c1-10-9-16(6-7-17-10)13-3-2-11(4-5-15)8-12(13)14/h2-3,8,10H,4-7,9,15H2,1H3. The van der Waals surface area contributed by atoms with Crippen LogP contribution in [-0.4, -0.2) is 30.6 Å². The Labute approximate surface area is 116 Å². The van der Waals surface area contributed by atoms with Crippen molar-refractivity contribution in [2.24, 2.45) is 5.73 Å². The van der Waals surface area contributed by atoms with Crippen LogP contribution in [0.1, 0.15) is 12.5 Å². The van der Waals surface area contributed by atoms with E-state index in [1.165, 1.54) is 21.5 Å². The molecule has 1 aliphatic heterocycles. The largest absolute Gasteiger partial charge is 0.369 e. The van der Waals surface area contributed by atoms with E-state index in [9.17, 15) is 0 Å². The van der Waals surface area contributed by atoms with Crippen LogP contribution in [0.25, 0.3) is 0 Å². The summed E-state index contributed by atoms with van der Waals surface area (Å²) in [6.07, 6.45) is 0.950. The lowest BCUT2D eigenvalue weighted by Gasteiger charge is -2.33. The van der Waals surface area contributed by atoms with Crippen LogP contribution >= 0.6 is 27.7 Å². The van der Waals surface area contributed by atoms with Crippen LogP contribution in [0.2, 0.25) is 0 Å². The highest BCUT2D eigenvalue weighted by Crippen LogP contribution is 2.31. The number of nitrogens with two attached hydrogens (primary N) is 1. The molecule has 1 fully saturated rings. The second-order valence-electron chi connectivity index (χ2n) is 4.45. The first-order chi connectivity index (χ1) is 8.20. The summed E-state index contributed by atoms with van der Waals surface area (Å²) in [5.41, 5.74) is 8.21. The summed E-state index contributed by atoms with van der Waals surface area (Å²) in [5, 5.41) is 0.722. The third-order valence-electron chi connectivity index (χ3n) is 3.03. The van der Waals surface area contributed by atoms with E-state index >= 15 is 0 Å². The second-order valence-corrected chi connectivity index (χ2v) is 6.85. The summed E-state index contributed by atoms with van der Waals surface area (Å²) in [6, 6.07) is 6.62. The molecule has 1 aromatic rings. The molecule has 0 aliphatic carbocycles. The maximum Gasteiger partial charge on any atom is 0.0511 e. The molecule has 17 heavy (non-hydrogen) atoms. The maximum absolute atomic E-state index is 5.58. The average Bonchev–Trinajstić information content (AvgIpc) is 2.29. The van der Waals surface area contributed by atoms with Gasteiger partial charge in [0.05, 0.1) is 5.69 Å². The van der Waals surface area contributed by atoms with Crippen molar-refractivity contribution in [2.75, 3.05) is 30.3 Å². The SMILES string of the molecule is CC1CN(c2ccc(CCN)cc2Br)CCS1. The number of hydrogen-bond donors (Lipinski definition) is 1. The normalized spacial score (nSPS) is 20.6. The van der Waals surface area contributed by atoms with Gasteiger partial charge in [-0.15, -0.1) is 0 Å². The predicted molar refractivity (Wildman–Crippen MR) is 81.0 cm³/mol. The lowest BCUT2D eigenvalue weighted by atomic mass is 10.1. The smallest absolute Gasteiger partial charge is 0.0511 e. The number of thioether (sulfide) groups is 1. The minimum atomic E-state index is 0.711. The van der Waals surface area contributed by atoms with E-state index in [2.05, 4.69) is 57.7 Å². The minimum absolute atomic E-state index is 0.711. The molecule has 1 aromatic carbocycles. The molecule has 1 unspecified atom stereocenters. The van der Waals surface area contributed by atoms with Crippen molar-refractivity contribution in [3.05, 3.63) is 28.2 Å². The van der Waals surface area contributed by atoms with Gasteiger partial charge in [0.15, 0.2) is 0 Å². The van der Waals surface area contributed by atoms with Gasteiger partial charge in [0, 0.05) is 28.6 Å². The summed E-state index contributed by atoms with van der Waals surface area (Å²) < 4.78 is 1.20. The molecule has 1 atom stereocenters. The molecule has 1 aliphatic rings. The number of hydrogen-bond acceptors (Lipinski definition) is 3. The summed E-state index contributed by atoms with van der Waals surface area (Å²) >= 11 is 5.74. The molecule has 1 heterocycles. The van der Waals surface area contributed by atoms with Crippen molar-refractivity contribution in [3.63, 3.8) is 0 Å². The van der Waals surface area contributed by atoms with Gasteiger partial charge in [0.25, 0.3) is 0 Å². The third kappa shape index (κ3) is 3.39. The Morgan fingerprint density at radius 2 is 2.35 bits per heavy atom. The lowest BCUT2D eigenvalue weighted by Crippen LogP contribution is -2.36. The molecule has 0 spiro atoms. The van der Waals surface area contributed by atoms with Gasteiger partial charge in [-0.3, -0.25) is 0 Å². The lowest BCUT2D eigenvalue weighted by molar-refractivity contribution is 0.781. The van der Waals surface area contributed by atoms with Crippen LogP contribution in [0.5, 0.6) is 0 Å². The zero-order valence-corrected chi connectivity index (χ0v) is 12.6. The number of nitrogens with zero attached hydrogens (tertiary/aromatic N) is 1. The Morgan fingerprint density at radius 3 is 3.00 bits per heavy atom. The highest BCUT2D eigenvalue weighted by Gasteiger charge is 2.18. The molecule has 0 radical (unpaired) electrons. The Kier molecular flexibility index (Phi) is 4.77. The highest BCUT2D eigenvalue weighted by atomic mass is 79.9. The van der Waals surface area contributed by atoms with Crippen LogP contribution in [0.4, 0.5) is 5.69 Å². The zero-order chi connectivity index (χ0) is 12.3. The van der Waals surface area contributed by atoms with Gasteiger partial charge in [-0.2, -0.15) is 11.8 Å². The van der Waals surface area contributed by atoms with Crippen LogP contribution in [0.3, 0.4) is 0 Å². The van der Waals surface area contributed by atoms with Crippen molar-refractivity contribution >= 4 is 33.4 Å². The van der Waals surface area contributed by atoms with Crippen molar-refractivity contribution in [1.82, 2.24) is 0 Å². The monoisotopic (exact) mass is 314 g/mol. The number of rotatable bonds is 3. The number of benzene rings is 1. The average molecular weight is 315 g/mol. The molecule has 4 heteroatoms. The number of anilines is 1. The molecule has 2 rings (SSSR count). The van der Waals surface area contributed by atoms with Gasteiger partial charge in [-0.05, 0) is 46.6 Å². The van der Waals surface area contributed by atoms with E-state index in [0.29, 0.717) is 6.54 Å². The van der Waals surface area contributed by atoms with Crippen LogP contribution in [0, 0.1) is 0 Å². The molecule has 0 aromatic heterocycles. The first-order valence-corrected chi connectivity index (χ1v) is 7.90. The molecule has 0 amide bonds. The van der Waals surface area contributed by atoms with E-state index < -0.39 is 0 Å². The van der Waals surface area contributed by atoms with Crippen LogP contribution in [-0.2, 0) is 6.42 Å². The molecular weight excluding hydrogens is 296 g/mol. The second kappa shape index (κ2) is 6.12. The first-order valence-electron chi connectivity index (χ1n) is 6.05. The van der Waals surface area contributed by atoms with Crippen molar-refractivity contribution < 1.29 is 0 Å². The highest BCUT2D eigenvalue weighted by molar-refractivity contribution is 9.10. The van der Waals surface area contributed by atoms with E-state index in [1.54, 1.807) is 0 Å². The van der Waals surface area contributed by atoms with Gasteiger partial charge in [0.1, 0.15) is 0 Å². The minimum Gasteiger partial charge on any atom is -0.369 e. The topological polar surface area (TPSA) is 29.3 Å². The molecule has 0 bridgehead atoms. The molecule has 2 nitrogen and oxygen atoms in total. The fourth-order valence-electron chi connectivity index (χ4n) is 2.17. The van der Waals surface area contributed by atoms with E-state index in [0.717, 1.165) is 24.8 Å². The third-order valence-corrected chi connectivity index (χ3v) is 4.80. The fourth-order valence-corrected chi connectivity index (χ4v) is 3.86. The van der Waals surface area contributed by atoms with E-state index in [1.807, 2.05) is 0 Å². The van der Waals surface area contributed by atoms with Crippen molar-refractivity contribution in [2.45, 2.75) is 18.6 Å². The van der Waals surface area contributed by atoms with E-state index in [4.69, 9.17) is 5.73 Å². The predicted octanol–water partition coefficient (Wildman–Crippen LogP) is 2.89. The first kappa shape index (κ1) is 13.2. The van der Waals surface area contributed by atoms with Crippen molar-refractivity contribution in [3.8, 4) is 0 Å². The van der Waals surface area contributed by atoms with Crippen LogP contribution < -0.4 is 10.6 Å². The Morgan fingerprint density at radius 1 is 1.53 bits per heavy atom. The van der Waals surface area contributed by atoms with Gasteiger partial charge in [-0.25, -0.2) is 0 Å². The fraction of sp³-hybridized carbons (Fsp3) is 0.538. The quantitative estimate of drug-likeness (QED) is 0.930. The zero-order valence-electron chi connectivity index (χ0n) is 10.2. The maximum atomic E-state index is 5.58. The Balaban J connectivity index is 2.15. The van der Waals surface area contributed by atoms with Gasteiger partial charge < -0.3 is 10.6 Å². The van der Waals surface area contributed by atoms with Crippen molar-refractivity contribution in [1.29, 1.82) is 0 Å². The summed E-state index contributed by atoms with van der Waals surface area (Å²) in [5.74, 6) is 1.22. The molecule has 94 valence electrons. The van der Waals surface area contributed by atoms with Gasteiger partial charge in [0.2, 0.25) is 0 Å². The Bertz CT molecular complexity index is 384. The molecule has 1 saturated heterocycles. The Hall–Kier alpha value is -0.190. The molecule has 2 N–H and O–H groups in total. The summed E-state index contributed by atoms with van der Waals surface area (Å²) in [4.78, 5) is 2.47.